The van der Waals surface area contributed by atoms with Gasteiger partial charge in [0.05, 0.1) is 11.4 Å². The standard InChI is InChI=1S/C20H31N5O3S/c1-5-6-11-24-15(4)14(3)21-19(24)29-12-16(26)23-25-17(27)20(22-18(25)28)9-7-13(2)8-10-20/h13H,5-12H2,1-4H3,(H,22,28)(H,23,26). The number of aryl methyl sites for hydroxylation is 1. The predicted octanol–water partition coefficient (Wildman–Crippen LogP) is 2.92. The van der Waals surface area contributed by atoms with Crippen molar-refractivity contribution in [3.05, 3.63) is 11.4 Å². The Balaban J connectivity index is 1.59. The second kappa shape index (κ2) is 8.77. The van der Waals surface area contributed by atoms with Gasteiger partial charge in [0.15, 0.2) is 5.16 Å². The van der Waals surface area contributed by atoms with Crippen molar-refractivity contribution >= 4 is 29.6 Å². The quantitative estimate of drug-likeness (QED) is 0.521. The molecule has 3 rings (SSSR count). The van der Waals surface area contributed by atoms with Crippen molar-refractivity contribution in [3.63, 3.8) is 0 Å². The van der Waals surface area contributed by atoms with Crippen molar-refractivity contribution < 1.29 is 14.4 Å². The van der Waals surface area contributed by atoms with Gasteiger partial charge in [0, 0.05) is 12.2 Å². The molecule has 1 aromatic heterocycles. The van der Waals surface area contributed by atoms with Crippen LogP contribution in [0.2, 0.25) is 0 Å². The Morgan fingerprint density at radius 2 is 2.00 bits per heavy atom. The van der Waals surface area contributed by atoms with E-state index >= 15 is 0 Å². The van der Waals surface area contributed by atoms with Gasteiger partial charge >= 0.3 is 6.03 Å². The number of urea groups is 1. The van der Waals surface area contributed by atoms with Crippen LogP contribution in [0.4, 0.5) is 4.79 Å². The molecule has 0 bridgehead atoms. The van der Waals surface area contributed by atoms with Crippen LogP contribution in [-0.4, -0.2) is 43.7 Å². The summed E-state index contributed by atoms with van der Waals surface area (Å²) in [6, 6.07) is -0.543. The number of aromatic nitrogens is 2. The van der Waals surface area contributed by atoms with E-state index in [1.165, 1.54) is 11.8 Å². The van der Waals surface area contributed by atoms with Gasteiger partial charge in [0.2, 0.25) is 5.91 Å². The lowest BCUT2D eigenvalue weighted by Gasteiger charge is -2.33. The summed E-state index contributed by atoms with van der Waals surface area (Å²) in [7, 11) is 0. The molecule has 1 spiro atoms. The van der Waals surface area contributed by atoms with Crippen LogP contribution < -0.4 is 10.7 Å². The second-order valence-corrected chi connectivity index (χ2v) is 9.17. The molecule has 0 radical (unpaired) electrons. The van der Waals surface area contributed by atoms with E-state index in [1.807, 2.05) is 13.8 Å². The Kier molecular flexibility index (Phi) is 6.55. The molecule has 8 nitrogen and oxygen atoms in total. The number of unbranched alkanes of at least 4 members (excludes halogenated alkanes) is 1. The van der Waals surface area contributed by atoms with Gasteiger partial charge < -0.3 is 9.88 Å². The minimum Gasteiger partial charge on any atom is -0.323 e. The Bertz CT molecular complexity index is 798. The highest BCUT2D eigenvalue weighted by Crippen LogP contribution is 2.35. The zero-order chi connectivity index (χ0) is 21.2. The van der Waals surface area contributed by atoms with Crippen LogP contribution in [0.15, 0.2) is 5.16 Å². The lowest BCUT2D eigenvalue weighted by atomic mass is 9.77. The molecule has 1 saturated heterocycles. The maximum atomic E-state index is 12.8. The van der Waals surface area contributed by atoms with E-state index in [2.05, 4.69) is 34.1 Å². The molecule has 4 amide bonds. The van der Waals surface area contributed by atoms with Crippen LogP contribution in [0.5, 0.6) is 0 Å². The molecule has 1 aliphatic carbocycles. The molecule has 0 unspecified atom stereocenters. The zero-order valence-corrected chi connectivity index (χ0v) is 18.5. The van der Waals surface area contributed by atoms with Gasteiger partial charge in [0.25, 0.3) is 5.91 Å². The highest BCUT2D eigenvalue weighted by atomic mass is 32.2. The third-order valence-electron chi connectivity index (χ3n) is 6.02. The number of imidazole rings is 1. The molecule has 2 aliphatic rings. The largest absolute Gasteiger partial charge is 0.344 e. The Labute approximate surface area is 176 Å². The number of carbonyl (C=O) groups is 3. The first-order valence-electron chi connectivity index (χ1n) is 10.4. The summed E-state index contributed by atoms with van der Waals surface area (Å²) in [5, 5.41) is 4.46. The highest BCUT2D eigenvalue weighted by molar-refractivity contribution is 7.99. The van der Waals surface area contributed by atoms with E-state index in [1.54, 1.807) is 0 Å². The minimum absolute atomic E-state index is 0.0864. The number of nitrogens with one attached hydrogen (secondary N) is 2. The van der Waals surface area contributed by atoms with Gasteiger partial charge in [-0.3, -0.25) is 15.0 Å². The van der Waals surface area contributed by atoms with Crippen molar-refractivity contribution in [1.29, 1.82) is 0 Å². The predicted molar refractivity (Wildman–Crippen MR) is 111 cm³/mol. The van der Waals surface area contributed by atoms with E-state index in [0.717, 1.165) is 53.8 Å². The number of carbonyl (C=O) groups excluding carboxylic acids is 3. The zero-order valence-electron chi connectivity index (χ0n) is 17.7. The number of rotatable bonds is 7. The molecule has 2 fully saturated rings. The lowest BCUT2D eigenvalue weighted by Crippen LogP contribution is -2.51. The summed E-state index contributed by atoms with van der Waals surface area (Å²) in [5.41, 5.74) is 3.69. The molecule has 1 aliphatic heterocycles. The third kappa shape index (κ3) is 4.44. The van der Waals surface area contributed by atoms with Gasteiger partial charge in [-0.2, -0.15) is 5.01 Å². The monoisotopic (exact) mass is 421 g/mol. The number of amides is 4. The van der Waals surface area contributed by atoms with Crippen LogP contribution >= 0.6 is 11.8 Å². The Morgan fingerprint density at radius 3 is 2.66 bits per heavy atom. The number of hydrazine groups is 1. The summed E-state index contributed by atoms with van der Waals surface area (Å²) in [6.45, 7) is 9.14. The maximum absolute atomic E-state index is 12.8. The molecule has 0 aromatic carbocycles. The Morgan fingerprint density at radius 1 is 1.31 bits per heavy atom. The van der Waals surface area contributed by atoms with Gasteiger partial charge in [-0.1, -0.05) is 32.0 Å². The highest BCUT2D eigenvalue weighted by Gasteiger charge is 2.52. The number of nitrogens with zero attached hydrogens (tertiary/aromatic N) is 3. The van der Waals surface area contributed by atoms with Crippen LogP contribution in [0.25, 0.3) is 0 Å². The van der Waals surface area contributed by atoms with Crippen molar-refractivity contribution in [2.24, 2.45) is 5.92 Å². The first-order chi connectivity index (χ1) is 13.8. The van der Waals surface area contributed by atoms with Crippen LogP contribution in [-0.2, 0) is 16.1 Å². The number of thioether (sulfide) groups is 1. The fourth-order valence-electron chi connectivity index (χ4n) is 3.92. The molecule has 1 aromatic rings. The van der Waals surface area contributed by atoms with Gasteiger partial charge in [-0.15, -0.1) is 0 Å². The molecule has 0 atom stereocenters. The fourth-order valence-corrected chi connectivity index (χ4v) is 4.83. The van der Waals surface area contributed by atoms with E-state index in [0.29, 0.717) is 18.8 Å². The molecular weight excluding hydrogens is 390 g/mol. The SMILES string of the molecule is CCCCn1c(SCC(=O)NN2C(=O)NC3(CCC(C)CC3)C2=O)nc(C)c1C. The minimum atomic E-state index is -0.853. The fraction of sp³-hybridized carbons (Fsp3) is 0.700. The van der Waals surface area contributed by atoms with Crippen LogP contribution in [0.3, 0.4) is 0 Å². The Hall–Kier alpha value is -2.03. The van der Waals surface area contributed by atoms with E-state index in [4.69, 9.17) is 0 Å². The molecule has 160 valence electrons. The summed E-state index contributed by atoms with van der Waals surface area (Å²) in [5.74, 6) is -0.0963. The smallest absolute Gasteiger partial charge is 0.323 e. The second-order valence-electron chi connectivity index (χ2n) is 8.23. The molecule has 2 N–H and O–H groups in total. The first-order valence-corrected chi connectivity index (χ1v) is 11.4. The van der Waals surface area contributed by atoms with Gasteiger partial charge in [-0.25, -0.2) is 9.78 Å². The van der Waals surface area contributed by atoms with Crippen molar-refractivity contribution in [3.8, 4) is 0 Å². The molecule has 29 heavy (non-hydrogen) atoms. The van der Waals surface area contributed by atoms with Crippen LogP contribution in [0, 0.1) is 19.8 Å². The van der Waals surface area contributed by atoms with E-state index in [9.17, 15) is 14.4 Å². The van der Waals surface area contributed by atoms with Gasteiger partial charge in [-0.05, 0) is 51.9 Å². The first kappa shape index (κ1) is 21.7. The molecule has 2 heterocycles. The third-order valence-corrected chi connectivity index (χ3v) is 6.99. The molecular formula is C20H31N5O3S. The summed E-state index contributed by atoms with van der Waals surface area (Å²) in [4.78, 5) is 42.2. The van der Waals surface area contributed by atoms with E-state index < -0.39 is 11.6 Å². The van der Waals surface area contributed by atoms with Crippen LogP contribution in [0.1, 0.15) is 63.8 Å². The van der Waals surface area contributed by atoms with Gasteiger partial charge in [0.1, 0.15) is 5.54 Å². The summed E-state index contributed by atoms with van der Waals surface area (Å²) >= 11 is 1.32. The number of imide groups is 1. The van der Waals surface area contributed by atoms with E-state index in [-0.39, 0.29) is 17.6 Å². The van der Waals surface area contributed by atoms with Crippen molar-refractivity contribution in [1.82, 2.24) is 25.3 Å². The normalized spacial score (nSPS) is 24.3. The average Bonchev–Trinajstić information content (AvgIpc) is 3.09. The molecule has 9 heteroatoms. The maximum Gasteiger partial charge on any atom is 0.344 e. The lowest BCUT2D eigenvalue weighted by molar-refractivity contribution is -0.139. The summed E-state index contributed by atoms with van der Waals surface area (Å²) in [6.07, 6.45) is 5.14. The summed E-state index contributed by atoms with van der Waals surface area (Å²) < 4.78 is 2.13. The topological polar surface area (TPSA) is 96.3 Å². The number of hydrogen-bond donors (Lipinski definition) is 2. The number of hydrogen-bond acceptors (Lipinski definition) is 5. The average molecular weight is 422 g/mol. The molecule has 1 saturated carbocycles. The van der Waals surface area contributed by atoms with Crippen molar-refractivity contribution in [2.45, 2.75) is 83.5 Å². The van der Waals surface area contributed by atoms with Crippen molar-refractivity contribution in [2.75, 3.05) is 5.75 Å².